The van der Waals surface area contributed by atoms with E-state index in [1.807, 2.05) is 44.2 Å². The number of hydrogen-bond acceptors (Lipinski definition) is 2. The molecule has 2 rings (SSSR count). The Morgan fingerprint density at radius 1 is 1.19 bits per heavy atom. The Morgan fingerprint density at radius 3 is 2.62 bits per heavy atom. The quantitative estimate of drug-likeness (QED) is 0.815. The van der Waals surface area contributed by atoms with E-state index >= 15 is 0 Å². The van der Waals surface area contributed by atoms with E-state index in [9.17, 15) is 4.39 Å². The maximum absolute atomic E-state index is 13.8. The molecule has 112 valence electrons. The zero-order chi connectivity index (χ0) is 15.2. The minimum absolute atomic E-state index is 0.0969. The van der Waals surface area contributed by atoms with E-state index in [2.05, 4.69) is 21.2 Å². The van der Waals surface area contributed by atoms with Gasteiger partial charge in [-0.2, -0.15) is 0 Å². The van der Waals surface area contributed by atoms with Gasteiger partial charge in [0, 0.05) is 5.56 Å². The number of para-hydroxylation sites is 1. The van der Waals surface area contributed by atoms with Crippen molar-refractivity contribution in [2.75, 3.05) is 13.2 Å². The van der Waals surface area contributed by atoms with Crippen LogP contribution in [0, 0.1) is 5.82 Å². The van der Waals surface area contributed by atoms with Crippen molar-refractivity contribution in [3.05, 3.63) is 63.9 Å². The van der Waals surface area contributed by atoms with E-state index in [-0.39, 0.29) is 11.9 Å². The maximum Gasteiger partial charge on any atom is 0.137 e. The zero-order valence-electron chi connectivity index (χ0n) is 12.2. The Balaban J connectivity index is 2.45. The molecule has 0 bridgehead atoms. The summed E-state index contributed by atoms with van der Waals surface area (Å²) in [5.74, 6) is 0.568. The second-order valence-corrected chi connectivity index (χ2v) is 5.49. The van der Waals surface area contributed by atoms with Crippen molar-refractivity contribution >= 4 is 15.9 Å². The second-order valence-electron chi connectivity index (χ2n) is 4.64. The summed E-state index contributed by atoms with van der Waals surface area (Å²) in [6.07, 6.45) is 0. The van der Waals surface area contributed by atoms with Gasteiger partial charge in [0.2, 0.25) is 0 Å². The minimum atomic E-state index is -0.260. The van der Waals surface area contributed by atoms with Gasteiger partial charge in [0.05, 0.1) is 17.1 Å². The molecule has 0 fully saturated rings. The lowest BCUT2D eigenvalue weighted by molar-refractivity contribution is 0.333. The highest BCUT2D eigenvalue weighted by molar-refractivity contribution is 9.10. The Kier molecular flexibility index (Phi) is 5.76. The summed E-state index contributed by atoms with van der Waals surface area (Å²) >= 11 is 3.19. The van der Waals surface area contributed by atoms with Gasteiger partial charge in [-0.1, -0.05) is 31.2 Å². The van der Waals surface area contributed by atoms with E-state index in [4.69, 9.17) is 4.74 Å². The van der Waals surface area contributed by atoms with Crippen LogP contribution in [0.4, 0.5) is 4.39 Å². The van der Waals surface area contributed by atoms with Crippen LogP contribution >= 0.6 is 15.9 Å². The first-order valence-electron chi connectivity index (χ1n) is 7.07. The van der Waals surface area contributed by atoms with E-state index in [0.29, 0.717) is 11.1 Å². The number of halogens is 2. The van der Waals surface area contributed by atoms with Crippen molar-refractivity contribution < 1.29 is 9.13 Å². The van der Waals surface area contributed by atoms with Gasteiger partial charge in [-0.25, -0.2) is 4.39 Å². The highest BCUT2D eigenvalue weighted by Gasteiger charge is 2.18. The summed E-state index contributed by atoms with van der Waals surface area (Å²) in [6.45, 7) is 5.37. The molecule has 1 unspecified atom stereocenters. The predicted octanol–water partition coefficient (Wildman–Crippen LogP) is 4.69. The molecule has 2 aromatic rings. The first-order valence-corrected chi connectivity index (χ1v) is 7.86. The molecule has 0 aliphatic heterocycles. The van der Waals surface area contributed by atoms with E-state index in [1.54, 1.807) is 12.1 Å². The molecule has 0 aliphatic carbocycles. The van der Waals surface area contributed by atoms with Crippen molar-refractivity contribution in [3.63, 3.8) is 0 Å². The van der Waals surface area contributed by atoms with Crippen molar-refractivity contribution in [1.29, 1.82) is 0 Å². The van der Waals surface area contributed by atoms with Crippen LogP contribution in [-0.2, 0) is 0 Å². The molecular formula is C17H19BrFNO. The summed E-state index contributed by atoms with van der Waals surface area (Å²) in [5.41, 5.74) is 1.90. The first kappa shape index (κ1) is 16.0. The van der Waals surface area contributed by atoms with Crippen molar-refractivity contribution in [2.45, 2.75) is 19.9 Å². The van der Waals surface area contributed by atoms with Crippen LogP contribution in [0.3, 0.4) is 0 Å². The average Bonchev–Trinajstić information content (AvgIpc) is 2.49. The smallest absolute Gasteiger partial charge is 0.137 e. The molecule has 0 heterocycles. The molecule has 0 aliphatic rings. The SMILES string of the molecule is CCNC(c1ccc(Br)c(F)c1)c1ccccc1OCC. The Bertz CT molecular complexity index is 603. The molecule has 1 N–H and O–H groups in total. The van der Waals surface area contributed by atoms with Crippen LogP contribution in [0.15, 0.2) is 46.9 Å². The highest BCUT2D eigenvalue weighted by Crippen LogP contribution is 2.31. The molecule has 2 nitrogen and oxygen atoms in total. The largest absolute Gasteiger partial charge is 0.494 e. The van der Waals surface area contributed by atoms with Crippen LogP contribution < -0.4 is 10.1 Å². The van der Waals surface area contributed by atoms with E-state index in [1.165, 1.54) is 0 Å². The van der Waals surface area contributed by atoms with Gasteiger partial charge in [-0.05, 0) is 53.2 Å². The molecule has 0 spiro atoms. The summed E-state index contributed by atoms with van der Waals surface area (Å²) in [5, 5.41) is 3.40. The van der Waals surface area contributed by atoms with Gasteiger partial charge < -0.3 is 10.1 Å². The summed E-state index contributed by atoms with van der Waals surface area (Å²) in [4.78, 5) is 0. The molecule has 0 radical (unpaired) electrons. The van der Waals surface area contributed by atoms with Crippen LogP contribution in [0.25, 0.3) is 0 Å². The molecule has 2 aromatic carbocycles. The zero-order valence-corrected chi connectivity index (χ0v) is 13.8. The van der Waals surface area contributed by atoms with Gasteiger partial charge >= 0.3 is 0 Å². The third kappa shape index (κ3) is 3.83. The lowest BCUT2D eigenvalue weighted by atomic mass is 9.97. The third-order valence-electron chi connectivity index (χ3n) is 3.22. The van der Waals surface area contributed by atoms with Crippen molar-refractivity contribution in [1.82, 2.24) is 5.32 Å². The third-order valence-corrected chi connectivity index (χ3v) is 3.86. The van der Waals surface area contributed by atoms with E-state index in [0.717, 1.165) is 23.4 Å². The second kappa shape index (κ2) is 7.57. The number of rotatable bonds is 6. The molecule has 0 aromatic heterocycles. The Hall–Kier alpha value is -1.39. The molecule has 0 saturated carbocycles. The fourth-order valence-corrected chi connectivity index (χ4v) is 2.56. The number of benzene rings is 2. The molecule has 0 amide bonds. The number of ether oxygens (including phenoxy) is 1. The summed E-state index contributed by atoms with van der Waals surface area (Å²) < 4.78 is 20.0. The normalized spacial score (nSPS) is 12.2. The topological polar surface area (TPSA) is 21.3 Å². The van der Waals surface area contributed by atoms with Crippen molar-refractivity contribution in [3.8, 4) is 5.75 Å². The molecule has 4 heteroatoms. The predicted molar refractivity (Wildman–Crippen MR) is 87.2 cm³/mol. The van der Waals surface area contributed by atoms with Gasteiger partial charge in [0.25, 0.3) is 0 Å². The Labute approximate surface area is 133 Å². The monoisotopic (exact) mass is 351 g/mol. The first-order chi connectivity index (χ1) is 10.2. The van der Waals surface area contributed by atoms with Gasteiger partial charge in [-0.3, -0.25) is 0 Å². The molecule has 0 saturated heterocycles. The van der Waals surface area contributed by atoms with Gasteiger partial charge in [-0.15, -0.1) is 0 Å². The highest BCUT2D eigenvalue weighted by atomic mass is 79.9. The summed E-state index contributed by atoms with van der Waals surface area (Å²) in [6, 6.07) is 13.0. The molecule has 1 atom stereocenters. The van der Waals surface area contributed by atoms with Crippen LogP contribution in [0.1, 0.15) is 31.0 Å². The van der Waals surface area contributed by atoms with Crippen LogP contribution in [0.2, 0.25) is 0 Å². The number of hydrogen-bond donors (Lipinski definition) is 1. The fraction of sp³-hybridized carbons (Fsp3) is 0.294. The Morgan fingerprint density at radius 2 is 1.95 bits per heavy atom. The standard InChI is InChI=1S/C17H19BrFNO/c1-3-20-17(12-9-10-14(18)15(19)11-12)13-7-5-6-8-16(13)21-4-2/h5-11,17,20H,3-4H2,1-2H3. The molecule has 21 heavy (non-hydrogen) atoms. The van der Waals surface area contributed by atoms with Crippen molar-refractivity contribution in [2.24, 2.45) is 0 Å². The maximum atomic E-state index is 13.8. The average molecular weight is 352 g/mol. The lowest BCUT2D eigenvalue weighted by Gasteiger charge is -2.22. The lowest BCUT2D eigenvalue weighted by Crippen LogP contribution is -2.22. The van der Waals surface area contributed by atoms with E-state index < -0.39 is 0 Å². The number of nitrogens with one attached hydrogen (secondary N) is 1. The van der Waals surface area contributed by atoms with Crippen LogP contribution in [0.5, 0.6) is 5.75 Å². The van der Waals surface area contributed by atoms with Gasteiger partial charge in [0.15, 0.2) is 0 Å². The fourth-order valence-electron chi connectivity index (χ4n) is 2.31. The minimum Gasteiger partial charge on any atom is -0.494 e. The summed E-state index contributed by atoms with van der Waals surface area (Å²) in [7, 11) is 0. The van der Waals surface area contributed by atoms with Crippen LogP contribution in [-0.4, -0.2) is 13.2 Å². The van der Waals surface area contributed by atoms with Gasteiger partial charge in [0.1, 0.15) is 11.6 Å². The molecular weight excluding hydrogens is 333 g/mol.